The van der Waals surface area contributed by atoms with E-state index in [1.54, 1.807) is 111 Å². The molecule has 0 aliphatic rings. The second-order valence-electron chi connectivity index (χ2n) is 25.5. The number of hydrogen-bond donors (Lipinski definition) is 7. The van der Waals surface area contributed by atoms with E-state index in [0.29, 0.717) is 46.0 Å². The number of aryl methyl sites for hydroxylation is 5. The van der Waals surface area contributed by atoms with Crippen molar-refractivity contribution in [3.63, 3.8) is 0 Å². The fraction of sp³-hybridized carbons (Fsp3) is 0.173. The minimum absolute atomic E-state index is 0.00982. The van der Waals surface area contributed by atoms with Crippen LogP contribution in [0.4, 0.5) is 13.2 Å². The van der Waals surface area contributed by atoms with Crippen LogP contribution in [0.3, 0.4) is 0 Å². The summed E-state index contributed by atoms with van der Waals surface area (Å²) >= 11 is 0. The van der Waals surface area contributed by atoms with Crippen LogP contribution in [-0.2, 0) is 93.6 Å². The number of nitrogens with one attached hydrogen (secondary N) is 4. The van der Waals surface area contributed by atoms with Gasteiger partial charge in [-0.1, -0.05) is 158 Å². The number of aldehydes is 1. The van der Waals surface area contributed by atoms with E-state index in [0.717, 1.165) is 52.6 Å². The fourth-order valence-electron chi connectivity index (χ4n) is 11.5. The maximum atomic E-state index is 13.0. The molecule has 0 bridgehead atoms. The molecule has 0 spiro atoms. The van der Waals surface area contributed by atoms with Gasteiger partial charge in [0, 0.05) is 108 Å². The van der Waals surface area contributed by atoms with Crippen LogP contribution in [0, 0.1) is 6.92 Å². The number of alkyl halides is 3. The molecule has 5 aromatic carbocycles. The predicted octanol–water partition coefficient (Wildman–Crippen LogP) is 5.98. The zero-order valence-corrected chi connectivity index (χ0v) is 61.9. The lowest BCUT2D eigenvalue weighted by Crippen LogP contribution is -2.47. The number of Topliss-reactive ketones (excluding diaryl/α,β-unsaturated/α-hetero) is 3. The van der Waals surface area contributed by atoms with Crippen molar-refractivity contribution in [1.82, 2.24) is 80.3 Å². The maximum Gasteiger partial charge on any atom is 0.433 e. The van der Waals surface area contributed by atoms with Crippen LogP contribution in [0.2, 0.25) is 0 Å². The summed E-state index contributed by atoms with van der Waals surface area (Å²) in [6.07, 6.45) is 8.41. The highest BCUT2D eigenvalue weighted by Crippen LogP contribution is 2.30. The number of benzene rings is 5. The third-order valence-corrected chi connectivity index (χ3v) is 16.8. The van der Waals surface area contributed by atoms with Crippen LogP contribution >= 0.6 is 0 Å². The van der Waals surface area contributed by atoms with E-state index < -0.39 is 88.8 Å². The number of carbonyl (C=O) groups excluding carboxylic acids is 11. The summed E-state index contributed by atoms with van der Waals surface area (Å²) in [6, 6.07) is 49.2. The van der Waals surface area contributed by atoms with Crippen LogP contribution in [0.1, 0.15) is 75.1 Å². The quantitative estimate of drug-likeness (QED) is 0.0230. The van der Waals surface area contributed by atoms with E-state index in [4.69, 9.17) is 17.2 Å². The summed E-state index contributed by atoms with van der Waals surface area (Å²) < 4.78 is 44.2. The Bertz CT molecular complexity index is 5400. The van der Waals surface area contributed by atoms with Gasteiger partial charge in [-0.15, -0.1) is 0 Å². The highest BCUT2D eigenvalue weighted by atomic mass is 19.4. The molecule has 0 saturated carbocycles. The number of primary amides is 3. The van der Waals surface area contributed by atoms with Crippen LogP contribution in [0.5, 0.6) is 0 Å². The fourth-order valence-corrected chi connectivity index (χ4v) is 11.5. The number of aromatic nitrogens is 12. The third-order valence-electron chi connectivity index (χ3n) is 16.8. The van der Waals surface area contributed by atoms with Gasteiger partial charge >= 0.3 is 6.18 Å². The van der Waals surface area contributed by atoms with Crippen molar-refractivity contribution in [3.8, 4) is 45.3 Å². The molecular formula is C81H76F3N19O11. The lowest BCUT2D eigenvalue weighted by molar-refractivity contribution is -0.141. The number of pyridine rings is 2. The Hall–Kier alpha value is -14.9. The van der Waals surface area contributed by atoms with E-state index in [9.17, 15) is 65.9 Å². The lowest BCUT2D eigenvalue weighted by atomic mass is 10.0. The number of amides is 7. The maximum absolute atomic E-state index is 13.0. The van der Waals surface area contributed by atoms with Crippen molar-refractivity contribution in [3.05, 3.63) is 287 Å². The van der Waals surface area contributed by atoms with Crippen molar-refractivity contribution in [1.29, 1.82) is 0 Å². The first-order chi connectivity index (χ1) is 54.5. The number of carbonyl (C=O) groups is 11. The Kier molecular flexibility index (Phi) is 28.4. The summed E-state index contributed by atoms with van der Waals surface area (Å²) in [6.45, 7) is 1.84. The van der Waals surface area contributed by atoms with Crippen molar-refractivity contribution < 1.29 is 65.9 Å². The number of rotatable bonds is 27. The standard InChI is InChI=1S/C21H18F3N5O3.C21H21N5O3.C20H19N3O2.C19H18N6O3/c1-29-11-14(17(28-29)13-7-8-16(26-10-13)21(22,23)24)20(32)27-15(18(30)19(25)31)9-12-5-3-2-4-6-12;1-13-7-6-10-16(23-13)18-15(12-26(2)25-18)21(29)24-17(19(27)20(22)28)11-14-8-4-3-5-9-14;1-23-13-18(19(22-23)16-10-6-3-7-11-16)20(25)21-17(14-24)12-15-8-4-2-5-9-15;1-25-11-13(16(24-25)15-10-21-7-8-22-15)19(28)23-14(17(26)18(20)27)9-12-5-3-2-4-6-12/h2-8,10-11,15H,9H2,1H3,(H2,25,31)(H,27,32);3-10,12,17H,11H2,1-2H3,(H2,22,28)(H,24,29);2-11,13-14,17H,12H2,1H3,(H,21,25);2-8,10-11,14H,9H2,1H3,(H2,20,27)(H,23,28). The van der Waals surface area contributed by atoms with Gasteiger partial charge in [0.15, 0.2) is 0 Å². The number of ketones is 3. The number of hydrogen-bond acceptors (Lipinski definition) is 19. The highest BCUT2D eigenvalue weighted by Gasteiger charge is 2.34. The summed E-state index contributed by atoms with van der Waals surface area (Å²) in [5.41, 5.74) is 22.7. The molecule has 0 aliphatic carbocycles. The van der Waals surface area contributed by atoms with Crippen molar-refractivity contribution in [2.45, 2.75) is 63.0 Å². The zero-order valence-electron chi connectivity index (χ0n) is 61.9. The molecular weight excluding hydrogens is 1470 g/mol. The minimum Gasteiger partial charge on any atom is -0.363 e. The number of nitrogens with two attached hydrogens (primary N) is 3. The molecule has 0 fully saturated rings. The molecule has 4 atom stereocenters. The van der Waals surface area contributed by atoms with E-state index in [2.05, 4.69) is 61.6 Å². The predicted molar refractivity (Wildman–Crippen MR) is 410 cm³/mol. The molecule has 7 heterocycles. The molecule has 12 aromatic rings. The average molecular weight is 1550 g/mol. The average Bonchev–Trinajstić information content (AvgIpc) is 1.67. The van der Waals surface area contributed by atoms with E-state index >= 15 is 0 Å². The van der Waals surface area contributed by atoms with Gasteiger partial charge in [0.05, 0.1) is 40.2 Å². The molecule has 7 amide bonds. The van der Waals surface area contributed by atoms with Gasteiger partial charge in [-0.3, -0.25) is 86.6 Å². The van der Waals surface area contributed by atoms with Gasteiger partial charge in [-0.2, -0.15) is 33.6 Å². The topological polar surface area (TPSA) is 437 Å². The SMILES string of the molecule is Cc1cccc(-c2nn(C)cc2C(=O)NC(Cc2ccccc2)C(=O)C(N)=O)n1.Cn1cc(C(=O)NC(C=O)Cc2ccccc2)c(-c2ccccc2)n1.Cn1cc(C(=O)NC(Cc2ccccc2)C(=O)C(N)=O)c(-c2ccc(C(F)(F)F)nc2)n1.Cn1cc(C(=O)NC(Cc2ccccc2)C(=O)C(N)=O)c(-c2cnccn2)n1. The van der Waals surface area contributed by atoms with Crippen LogP contribution in [-0.4, -0.2) is 148 Å². The Balaban J connectivity index is 0.000000175. The largest absolute Gasteiger partial charge is 0.433 e. The van der Waals surface area contributed by atoms with Gasteiger partial charge in [-0.25, -0.2) is 0 Å². The molecule has 114 heavy (non-hydrogen) atoms. The molecule has 0 aliphatic heterocycles. The minimum atomic E-state index is -4.61. The summed E-state index contributed by atoms with van der Waals surface area (Å²) in [5.74, 6) is -8.28. The zero-order chi connectivity index (χ0) is 82.2. The number of halogens is 3. The molecule has 33 heteroatoms. The second kappa shape index (κ2) is 38.9. The van der Waals surface area contributed by atoms with E-state index in [1.807, 2.05) is 104 Å². The molecule has 4 unspecified atom stereocenters. The van der Waals surface area contributed by atoms with Crippen LogP contribution < -0.4 is 38.5 Å². The molecule has 10 N–H and O–H groups in total. The van der Waals surface area contributed by atoms with Crippen LogP contribution in [0.15, 0.2) is 232 Å². The van der Waals surface area contributed by atoms with E-state index in [-0.39, 0.29) is 53.1 Å². The van der Waals surface area contributed by atoms with Gasteiger partial charge in [-0.05, 0) is 59.9 Å². The van der Waals surface area contributed by atoms with Gasteiger partial charge in [0.2, 0.25) is 17.3 Å². The van der Waals surface area contributed by atoms with Crippen molar-refractivity contribution in [2.75, 3.05) is 0 Å². The first-order valence-electron chi connectivity index (χ1n) is 34.8. The third kappa shape index (κ3) is 23.1. The molecule has 0 radical (unpaired) electrons. The molecule has 12 rings (SSSR count). The first-order valence-corrected chi connectivity index (χ1v) is 34.8. The Morgan fingerprint density at radius 1 is 0.404 bits per heavy atom. The normalized spacial score (nSPS) is 11.8. The monoisotopic (exact) mass is 1550 g/mol. The first kappa shape index (κ1) is 83.1. The van der Waals surface area contributed by atoms with E-state index in [1.165, 1.54) is 52.1 Å². The Labute approximate surface area is 649 Å². The van der Waals surface area contributed by atoms with Crippen molar-refractivity contribution in [2.24, 2.45) is 45.4 Å². The lowest BCUT2D eigenvalue weighted by Gasteiger charge is -2.16. The van der Waals surface area contributed by atoms with Gasteiger partial charge < -0.3 is 43.3 Å². The molecule has 30 nitrogen and oxygen atoms in total. The smallest absolute Gasteiger partial charge is 0.363 e. The summed E-state index contributed by atoms with van der Waals surface area (Å²) in [7, 11) is 6.64. The van der Waals surface area contributed by atoms with Gasteiger partial charge in [0.1, 0.15) is 58.6 Å². The second-order valence-corrected chi connectivity index (χ2v) is 25.5. The molecule has 0 saturated heterocycles. The van der Waals surface area contributed by atoms with Gasteiger partial charge in [0.25, 0.3) is 41.4 Å². The molecule has 7 aromatic heterocycles. The summed E-state index contributed by atoms with van der Waals surface area (Å²) in [4.78, 5) is 150. The summed E-state index contributed by atoms with van der Waals surface area (Å²) in [5, 5.41) is 27.6. The Morgan fingerprint density at radius 3 is 1.11 bits per heavy atom. The van der Waals surface area contributed by atoms with Crippen LogP contribution in [0.25, 0.3) is 45.3 Å². The number of nitrogens with zero attached hydrogens (tertiary/aromatic N) is 12. The highest BCUT2D eigenvalue weighted by molar-refractivity contribution is 6.39. The molecule has 582 valence electrons. The van der Waals surface area contributed by atoms with Crippen molar-refractivity contribution >= 4 is 65.0 Å². The Morgan fingerprint density at radius 2 is 0.763 bits per heavy atom.